The van der Waals surface area contributed by atoms with Crippen molar-refractivity contribution >= 4 is 23.9 Å². The molecule has 0 unspecified atom stereocenters. The molecule has 11 heteroatoms. The van der Waals surface area contributed by atoms with Crippen molar-refractivity contribution in [3.8, 4) is 0 Å². The first-order valence-electron chi connectivity index (χ1n) is 13.8. The predicted molar refractivity (Wildman–Crippen MR) is 145 cm³/mol. The van der Waals surface area contributed by atoms with Gasteiger partial charge in [0.2, 0.25) is 0 Å². The van der Waals surface area contributed by atoms with Crippen molar-refractivity contribution < 1.29 is 53.8 Å². The molecular formula is C28H50O11. The van der Waals surface area contributed by atoms with Gasteiger partial charge in [-0.1, -0.05) is 13.0 Å². The van der Waals surface area contributed by atoms with Gasteiger partial charge in [-0.25, -0.2) is 4.79 Å². The number of carboxylic acid groups (broad SMARTS) is 1. The van der Waals surface area contributed by atoms with E-state index in [2.05, 4.69) is 0 Å². The molecular weight excluding hydrogens is 512 g/mol. The van der Waals surface area contributed by atoms with Gasteiger partial charge < -0.3 is 34.6 Å². The second-order valence-electron chi connectivity index (χ2n) is 9.26. The van der Waals surface area contributed by atoms with Crippen LogP contribution in [0.3, 0.4) is 0 Å². The van der Waals surface area contributed by atoms with Crippen LogP contribution in [0.5, 0.6) is 0 Å². The van der Waals surface area contributed by atoms with Gasteiger partial charge in [-0.3, -0.25) is 14.4 Å². The fourth-order valence-corrected chi connectivity index (χ4v) is 3.05. The van der Waals surface area contributed by atoms with Gasteiger partial charge in [0.1, 0.15) is 0 Å². The maximum atomic E-state index is 10.5. The van der Waals surface area contributed by atoms with Gasteiger partial charge in [0.25, 0.3) is 0 Å². The quantitative estimate of drug-likeness (QED) is 0.219. The van der Waals surface area contributed by atoms with E-state index in [1.165, 1.54) is 6.08 Å². The van der Waals surface area contributed by atoms with E-state index in [1.54, 1.807) is 6.92 Å². The number of allylic oxidation sites excluding steroid dienone is 1. The number of carbonyl (C=O) groups is 4. The van der Waals surface area contributed by atoms with Crippen LogP contribution < -0.4 is 0 Å². The highest BCUT2D eigenvalue weighted by molar-refractivity contribution is 5.79. The molecule has 228 valence electrons. The van der Waals surface area contributed by atoms with Gasteiger partial charge in [-0.2, -0.15) is 0 Å². The number of carbonyl (C=O) groups excluding carboxylic acids is 3. The van der Waals surface area contributed by atoms with Crippen molar-refractivity contribution in [1.82, 2.24) is 0 Å². The van der Waals surface area contributed by atoms with E-state index in [1.807, 2.05) is 6.92 Å². The number of aliphatic hydroxyl groups excluding tert-OH is 3. The monoisotopic (exact) mass is 562 g/mol. The van der Waals surface area contributed by atoms with E-state index in [-0.39, 0.29) is 37.7 Å². The normalized spacial score (nSPS) is 17.6. The molecule has 0 atom stereocenters. The highest BCUT2D eigenvalue weighted by Crippen LogP contribution is 2.18. The fraction of sp³-hybridized carbons (Fsp3) is 0.786. The third-order valence-corrected chi connectivity index (χ3v) is 5.93. The van der Waals surface area contributed by atoms with Gasteiger partial charge in [0.15, 0.2) is 0 Å². The molecule has 3 saturated heterocycles. The van der Waals surface area contributed by atoms with Crippen LogP contribution in [-0.4, -0.2) is 83.9 Å². The Morgan fingerprint density at radius 3 is 1.21 bits per heavy atom. The molecule has 3 heterocycles. The molecule has 0 aliphatic carbocycles. The van der Waals surface area contributed by atoms with Crippen LogP contribution in [-0.2, 0) is 33.4 Å². The average molecular weight is 563 g/mol. The molecule has 0 aromatic rings. The molecule has 4 N–H and O–H groups in total. The number of rotatable bonds is 5. The van der Waals surface area contributed by atoms with Crippen LogP contribution >= 0.6 is 0 Å². The number of hydrogen-bond acceptors (Lipinski definition) is 10. The number of aliphatic hydroxyl groups is 3. The van der Waals surface area contributed by atoms with E-state index in [0.717, 1.165) is 63.9 Å². The lowest BCUT2D eigenvalue weighted by molar-refractivity contribution is -0.143. The van der Waals surface area contributed by atoms with E-state index < -0.39 is 11.4 Å². The standard InChI is InChI=1S/C6H14O3.3C6H10O2.C4H6O2/c1-2-6(3-7,4-8)5-9;3*7-6-4-2-1-3-5-8-6;1-2-3-4(5)6/h7-9H,2-5H2,1H3;3*1-5H2;2-3H,1H3,(H,5,6). The van der Waals surface area contributed by atoms with Crippen LogP contribution in [0, 0.1) is 5.41 Å². The van der Waals surface area contributed by atoms with E-state index in [9.17, 15) is 19.2 Å². The maximum absolute atomic E-state index is 10.5. The minimum atomic E-state index is -0.891. The first-order chi connectivity index (χ1) is 18.7. The lowest BCUT2D eigenvalue weighted by Crippen LogP contribution is -2.32. The Kier molecular flexibility index (Phi) is 26.8. The van der Waals surface area contributed by atoms with E-state index in [0.29, 0.717) is 45.5 Å². The number of carboxylic acids is 1. The Morgan fingerprint density at radius 2 is 1.03 bits per heavy atom. The molecule has 3 fully saturated rings. The van der Waals surface area contributed by atoms with Crippen LogP contribution in [0.1, 0.15) is 97.3 Å². The number of hydrogen-bond donors (Lipinski definition) is 4. The molecule has 3 rings (SSSR count). The molecule has 3 aliphatic heterocycles. The highest BCUT2D eigenvalue weighted by atomic mass is 16.5. The van der Waals surface area contributed by atoms with Crippen LogP contribution in [0.25, 0.3) is 0 Å². The Labute approximate surface area is 232 Å². The molecule has 0 aromatic carbocycles. The summed E-state index contributed by atoms with van der Waals surface area (Å²) >= 11 is 0. The van der Waals surface area contributed by atoms with Crippen molar-refractivity contribution in [2.75, 3.05) is 39.6 Å². The second kappa shape index (κ2) is 27.1. The number of cyclic esters (lactones) is 3. The Morgan fingerprint density at radius 1 is 0.692 bits per heavy atom. The van der Waals surface area contributed by atoms with Crippen LogP contribution in [0.2, 0.25) is 0 Å². The second-order valence-corrected chi connectivity index (χ2v) is 9.26. The zero-order valence-corrected chi connectivity index (χ0v) is 23.7. The molecule has 0 spiro atoms. The van der Waals surface area contributed by atoms with Crippen molar-refractivity contribution in [2.24, 2.45) is 5.41 Å². The smallest absolute Gasteiger partial charge is 0.327 e. The Balaban J connectivity index is 0. The van der Waals surface area contributed by atoms with E-state index >= 15 is 0 Å². The minimum Gasteiger partial charge on any atom is -0.478 e. The van der Waals surface area contributed by atoms with Crippen LogP contribution in [0.4, 0.5) is 0 Å². The minimum absolute atomic E-state index is 0.0255. The summed E-state index contributed by atoms with van der Waals surface area (Å²) in [5.41, 5.74) is -0.667. The summed E-state index contributed by atoms with van der Waals surface area (Å²) < 4.78 is 14.3. The average Bonchev–Trinajstić information content (AvgIpc) is 3.43. The summed E-state index contributed by atoms with van der Waals surface area (Å²) in [5.74, 6) is -0.968. The summed E-state index contributed by atoms with van der Waals surface area (Å²) in [6, 6.07) is 0. The summed E-state index contributed by atoms with van der Waals surface area (Å²) in [4.78, 5) is 40.9. The molecule has 0 radical (unpaired) electrons. The van der Waals surface area contributed by atoms with E-state index in [4.69, 9.17) is 34.6 Å². The lowest BCUT2D eigenvalue weighted by atomic mass is 9.88. The Bertz CT molecular complexity index is 568. The summed E-state index contributed by atoms with van der Waals surface area (Å²) in [6.45, 7) is 4.93. The topological polar surface area (TPSA) is 177 Å². The van der Waals surface area contributed by atoms with Crippen molar-refractivity contribution in [2.45, 2.75) is 97.3 Å². The zero-order valence-electron chi connectivity index (χ0n) is 23.7. The summed E-state index contributed by atoms with van der Waals surface area (Å²) in [6.07, 6.45) is 14.6. The maximum Gasteiger partial charge on any atom is 0.327 e. The molecule has 0 saturated carbocycles. The largest absolute Gasteiger partial charge is 0.478 e. The molecule has 11 nitrogen and oxygen atoms in total. The molecule has 39 heavy (non-hydrogen) atoms. The van der Waals surface area contributed by atoms with Crippen molar-refractivity contribution in [3.63, 3.8) is 0 Å². The summed E-state index contributed by atoms with van der Waals surface area (Å²) in [5, 5.41) is 33.8. The molecule has 3 aliphatic rings. The predicted octanol–water partition coefficient (Wildman–Crippen LogP) is 3.32. The first kappa shape index (κ1) is 38.6. The fourth-order valence-electron chi connectivity index (χ4n) is 3.05. The zero-order chi connectivity index (χ0) is 29.8. The number of ether oxygens (including phenoxy) is 3. The van der Waals surface area contributed by atoms with Crippen molar-refractivity contribution in [1.29, 1.82) is 0 Å². The third kappa shape index (κ3) is 25.5. The van der Waals surface area contributed by atoms with Crippen LogP contribution in [0.15, 0.2) is 12.2 Å². The highest BCUT2D eigenvalue weighted by Gasteiger charge is 2.24. The third-order valence-electron chi connectivity index (χ3n) is 5.93. The Hall–Kier alpha value is -2.50. The SMILES string of the molecule is CC=CC(=O)O.CCC(CO)(CO)CO.O=C1CCCCCO1.O=C1CCCCCO1.O=C1CCCCCO1. The van der Waals surface area contributed by atoms with Crippen molar-refractivity contribution in [3.05, 3.63) is 12.2 Å². The van der Waals surface area contributed by atoms with Gasteiger partial charge in [-0.05, 0) is 71.1 Å². The molecule has 0 bridgehead atoms. The van der Waals surface area contributed by atoms with Gasteiger partial charge in [0.05, 0.1) is 39.6 Å². The molecule has 0 amide bonds. The van der Waals surface area contributed by atoms with Gasteiger partial charge in [-0.15, -0.1) is 0 Å². The lowest BCUT2D eigenvalue weighted by Gasteiger charge is -2.24. The summed E-state index contributed by atoms with van der Waals surface area (Å²) in [7, 11) is 0. The van der Waals surface area contributed by atoms with Gasteiger partial charge in [0, 0.05) is 30.8 Å². The number of esters is 3. The first-order valence-corrected chi connectivity index (χ1v) is 13.8. The molecule has 0 aromatic heterocycles. The van der Waals surface area contributed by atoms with Gasteiger partial charge >= 0.3 is 23.9 Å². The number of aliphatic carboxylic acids is 1.